The molecule has 27 heavy (non-hydrogen) atoms. The van der Waals surface area contributed by atoms with Gasteiger partial charge in [0, 0.05) is 34.2 Å². The monoisotopic (exact) mass is 381 g/mol. The van der Waals surface area contributed by atoms with Crippen molar-refractivity contribution in [1.82, 2.24) is 15.0 Å². The van der Waals surface area contributed by atoms with E-state index in [1.165, 1.54) is 5.56 Å². The number of hydrogen-bond acceptors (Lipinski definition) is 5. The molecule has 2 heterocycles. The fourth-order valence-electron chi connectivity index (χ4n) is 2.94. The molecule has 3 aromatic rings. The largest absolute Gasteiger partial charge is 0.376 e. The number of nitrogens with one attached hydrogen (secondary N) is 2. The molecule has 0 radical (unpaired) electrons. The topological polar surface area (TPSA) is 71.3 Å². The van der Waals surface area contributed by atoms with Gasteiger partial charge in [0.15, 0.2) is 5.13 Å². The Bertz CT molecular complexity index is 973. The number of aromatic nitrogens is 2. The molecule has 1 amide bonds. The van der Waals surface area contributed by atoms with E-state index in [-0.39, 0.29) is 12.5 Å². The molecule has 0 bridgehead atoms. The van der Waals surface area contributed by atoms with Gasteiger partial charge in [-0.05, 0) is 45.4 Å². The summed E-state index contributed by atoms with van der Waals surface area (Å²) in [7, 11) is 0. The van der Waals surface area contributed by atoms with Gasteiger partial charge in [0.05, 0.1) is 12.8 Å². The van der Waals surface area contributed by atoms with Crippen LogP contribution in [-0.2, 0) is 4.79 Å². The normalized spacial score (nSPS) is 11.1. The fourth-order valence-corrected chi connectivity index (χ4v) is 3.69. The molecule has 6 nitrogen and oxygen atoms in total. The molecule has 0 saturated carbocycles. The van der Waals surface area contributed by atoms with E-state index in [0.29, 0.717) is 0 Å². The molecule has 0 unspecified atom stereocenters. The van der Waals surface area contributed by atoms with Crippen LogP contribution in [0.2, 0.25) is 0 Å². The number of thiazole rings is 1. The molecule has 2 N–H and O–H groups in total. The lowest BCUT2D eigenvalue weighted by Gasteiger charge is -2.09. The number of hydrazone groups is 1. The third-order valence-corrected chi connectivity index (χ3v) is 5.05. The Hall–Kier alpha value is -2.93. The van der Waals surface area contributed by atoms with E-state index < -0.39 is 0 Å². The third-order valence-electron chi connectivity index (χ3n) is 4.30. The van der Waals surface area contributed by atoms with Crippen LogP contribution in [-0.4, -0.2) is 28.2 Å². The number of carbonyl (C=O) groups is 1. The van der Waals surface area contributed by atoms with Crippen LogP contribution in [0.1, 0.15) is 28.1 Å². The Morgan fingerprint density at radius 3 is 2.78 bits per heavy atom. The van der Waals surface area contributed by atoms with Gasteiger partial charge in [0.2, 0.25) is 0 Å². The lowest BCUT2D eigenvalue weighted by atomic mass is 10.1. The van der Waals surface area contributed by atoms with E-state index >= 15 is 0 Å². The van der Waals surface area contributed by atoms with Gasteiger partial charge in [-0.1, -0.05) is 17.7 Å². The maximum atomic E-state index is 12.0. The first-order valence-electron chi connectivity index (χ1n) is 8.67. The molecule has 0 atom stereocenters. The first-order valence-corrected chi connectivity index (χ1v) is 9.55. The first kappa shape index (κ1) is 18.8. The summed E-state index contributed by atoms with van der Waals surface area (Å²) in [5.74, 6) is -0.194. The summed E-state index contributed by atoms with van der Waals surface area (Å²) >= 11 is 1.58. The SMILES string of the molecule is Cc1ccc(NCC(=O)N/N=C\c2cc(C)n(-c3nccs3)c2C)c(C)c1. The average molecular weight is 382 g/mol. The smallest absolute Gasteiger partial charge is 0.259 e. The fraction of sp³-hybridized carbons (Fsp3) is 0.250. The predicted octanol–water partition coefficient (Wildman–Crippen LogP) is 3.73. The third kappa shape index (κ3) is 4.43. The van der Waals surface area contributed by atoms with Gasteiger partial charge in [-0.25, -0.2) is 10.4 Å². The van der Waals surface area contributed by atoms with Gasteiger partial charge in [-0.15, -0.1) is 11.3 Å². The summed E-state index contributed by atoms with van der Waals surface area (Å²) in [5, 5.41) is 10.1. The van der Waals surface area contributed by atoms with E-state index in [0.717, 1.165) is 33.3 Å². The van der Waals surface area contributed by atoms with Crippen molar-refractivity contribution in [2.75, 3.05) is 11.9 Å². The number of benzene rings is 1. The lowest BCUT2D eigenvalue weighted by molar-refractivity contribution is -0.119. The molecule has 140 valence electrons. The Labute approximate surface area is 163 Å². The summed E-state index contributed by atoms with van der Waals surface area (Å²) in [5.41, 5.74) is 8.89. The van der Waals surface area contributed by atoms with Gasteiger partial charge in [0.1, 0.15) is 0 Å². The van der Waals surface area contributed by atoms with Crippen molar-refractivity contribution in [1.29, 1.82) is 0 Å². The molecule has 0 aliphatic rings. The second-order valence-electron chi connectivity index (χ2n) is 6.44. The van der Waals surface area contributed by atoms with Crippen molar-refractivity contribution < 1.29 is 4.79 Å². The van der Waals surface area contributed by atoms with Crippen LogP contribution >= 0.6 is 11.3 Å². The van der Waals surface area contributed by atoms with Gasteiger partial charge < -0.3 is 5.32 Å². The minimum absolute atomic E-state index is 0.166. The van der Waals surface area contributed by atoms with Crippen LogP contribution in [0.25, 0.3) is 5.13 Å². The van der Waals surface area contributed by atoms with Crippen LogP contribution in [0.15, 0.2) is 40.9 Å². The second-order valence-corrected chi connectivity index (χ2v) is 7.31. The number of nitrogens with zero attached hydrogens (tertiary/aromatic N) is 3. The van der Waals surface area contributed by atoms with Gasteiger partial charge in [-0.3, -0.25) is 9.36 Å². The van der Waals surface area contributed by atoms with Crippen molar-refractivity contribution in [3.05, 3.63) is 63.9 Å². The molecule has 0 aliphatic heterocycles. The van der Waals surface area contributed by atoms with Crippen LogP contribution < -0.4 is 10.7 Å². The zero-order valence-corrected chi connectivity index (χ0v) is 16.7. The highest BCUT2D eigenvalue weighted by Gasteiger charge is 2.11. The highest BCUT2D eigenvalue weighted by molar-refractivity contribution is 7.12. The minimum atomic E-state index is -0.194. The maximum Gasteiger partial charge on any atom is 0.259 e. The Kier molecular flexibility index (Phi) is 5.71. The van der Waals surface area contributed by atoms with Crippen molar-refractivity contribution in [3.8, 4) is 5.13 Å². The molecule has 1 aromatic carbocycles. The molecular formula is C20H23N5OS. The molecule has 0 fully saturated rings. The first-order chi connectivity index (χ1) is 13.0. The molecule has 0 aliphatic carbocycles. The molecular weight excluding hydrogens is 358 g/mol. The highest BCUT2D eigenvalue weighted by atomic mass is 32.1. The number of rotatable bonds is 6. The standard InChI is InChI=1S/C20H23N5OS/c1-13-5-6-18(14(2)9-13)22-12-19(26)24-23-11-17-10-15(3)25(16(17)4)20-21-7-8-27-20/h5-11,22H,12H2,1-4H3,(H,24,26)/b23-11-. The molecule has 0 spiro atoms. The van der Waals surface area contributed by atoms with E-state index in [1.54, 1.807) is 23.7 Å². The van der Waals surface area contributed by atoms with Gasteiger partial charge in [0.25, 0.3) is 5.91 Å². The van der Waals surface area contributed by atoms with E-state index in [2.05, 4.69) is 31.5 Å². The average Bonchev–Trinajstić information content (AvgIpc) is 3.22. The van der Waals surface area contributed by atoms with Crippen molar-refractivity contribution >= 4 is 29.1 Å². The summed E-state index contributed by atoms with van der Waals surface area (Å²) in [4.78, 5) is 16.4. The minimum Gasteiger partial charge on any atom is -0.376 e. The zero-order chi connectivity index (χ0) is 19.4. The maximum absolute atomic E-state index is 12.0. The van der Waals surface area contributed by atoms with E-state index in [9.17, 15) is 4.79 Å². The van der Waals surface area contributed by atoms with Gasteiger partial charge >= 0.3 is 0 Å². The molecule has 0 saturated heterocycles. The Morgan fingerprint density at radius 1 is 1.26 bits per heavy atom. The van der Waals surface area contributed by atoms with Crippen LogP contribution in [0.4, 0.5) is 5.69 Å². The number of aryl methyl sites for hydroxylation is 3. The second kappa shape index (κ2) is 8.18. The predicted molar refractivity (Wildman–Crippen MR) is 111 cm³/mol. The molecule has 7 heteroatoms. The molecule has 2 aromatic heterocycles. The summed E-state index contributed by atoms with van der Waals surface area (Å²) < 4.78 is 2.08. The Balaban J connectivity index is 1.59. The lowest BCUT2D eigenvalue weighted by Crippen LogP contribution is -2.26. The summed E-state index contributed by atoms with van der Waals surface area (Å²) in [6.07, 6.45) is 3.46. The zero-order valence-electron chi connectivity index (χ0n) is 15.9. The van der Waals surface area contributed by atoms with Crippen molar-refractivity contribution in [3.63, 3.8) is 0 Å². The number of anilines is 1. The van der Waals surface area contributed by atoms with Crippen LogP contribution in [0.5, 0.6) is 0 Å². The summed E-state index contributed by atoms with van der Waals surface area (Å²) in [6.45, 7) is 8.27. The van der Waals surface area contributed by atoms with Crippen molar-refractivity contribution in [2.24, 2.45) is 5.10 Å². The van der Waals surface area contributed by atoms with Gasteiger partial charge in [-0.2, -0.15) is 5.10 Å². The summed E-state index contributed by atoms with van der Waals surface area (Å²) in [6, 6.07) is 8.11. The van der Waals surface area contributed by atoms with Crippen LogP contribution in [0.3, 0.4) is 0 Å². The van der Waals surface area contributed by atoms with E-state index in [4.69, 9.17) is 0 Å². The molecule has 3 rings (SSSR count). The van der Waals surface area contributed by atoms with Crippen LogP contribution in [0, 0.1) is 27.7 Å². The quantitative estimate of drug-likeness (QED) is 0.505. The number of hydrogen-bond donors (Lipinski definition) is 2. The van der Waals surface area contributed by atoms with Crippen molar-refractivity contribution in [2.45, 2.75) is 27.7 Å². The van der Waals surface area contributed by atoms with E-state index in [1.807, 2.05) is 51.3 Å². The number of amides is 1. The Morgan fingerprint density at radius 2 is 2.07 bits per heavy atom. The highest BCUT2D eigenvalue weighted by Crippen LogP contribution is 2.21. The number of carbonyl (C=O) groups excluding carboxylic acids is 1.